The number of anilines is 3. The van der Waals surface area contributed by atoms with Crippen LogP contribution in [0.3, 0.4) is 0 Å². The largest absolute Gasteiger partial charge is 0.467 e. The van der Waals surface area contributed by atoms with Gasteiger partial charge in [0.25, 0.3) is 0 Å². The minimum atomic E-state index is -0.179. The molecule has 2 saturated heterocycles. The highest BCUT2D eigenvalue weighted by molar-refractivity contribution is 5.62. The van der Waals surface area contributed by atoms with Crippen LogP contribution < -0.4 is 16.0 Å². The van der Waals surface area contributed by atoms with Crippen LogP contribution in [0.5, 0.6) is 0 Å². The lowest BCUT2D eigenvalue weighted by Gasteiger charge is -2.44. The quantitative estimate of drug-likeness (QED) is 0.106. The molecule has 6 heterocycles. The van der Waals surface area contributed by atoms with Crippen molar-refractivity contribution in [1.82, 2.24) is 0 Å². The molecule has 9 unspecified atom stereocenters. The number of methoxy groups -OCH3 is 1. The highest BCUT2D eigenvalue weighted by Crippen LogP contribution is 2.52. The van der Waals surface area contributed by atoms with Gasteiger partial charge in [-0.25, -0.2) is 4.39 Å². The maximum atomic E-state index is 13.8. The summed E-state index contributed by atoms with van der Waals surface area (Å²) in [5.74, 6) is 4.60. The van der Waals surface area contributed by atoms with Crippen LogP contribution in [0, 0.1) is 35.9 Å². The zero-order chi connectivity index (χ0) is 53.0. The van der Waals surface area contributed by atoms with E-state index in [2.05, 4.69) is 158 Å². The zero-order valence-corrected chi connectivity index (χ0v) is 46.4. The van der Waals surface area contributed by atoms with Crippen LogP contribution in [0.4, 0.5) is 21.5 Å². The van der Waals surface area contributed by atoms with Crippen LogP contribution in [0.15, 0.2) is 125 Å². The lowest BCUT2D eigenvalue weighted by atomic mass is 9.76. The normalized spacial score (nSPS) is 25.3. The maximum absolute atomic E-state index is 13.8. The summed E-state index contributed by atoms with van der Waals surface area (Å²) in [6.07, 6.45) is 20.2. The van der Waals surface area contributed by atoms with E-state index in [1.54, 1.807) is 18.4 Å². The first-order valence-electron chi connectivity index (χ1n) is 27.5. The SMILES string of the molecule is C#C/C=C(\C=C/C)C1Nc2ccc(C(C)(C)C)cc2C(OC)C1CC.CC(C)(C)c1ccc2c(c1)C1OCCCC1C(c1cccc(F)c1)N2.CCC(C)(C)c1ccc2c(c1)C1OCCCC1C(c1ccco1)N2. The third-order valence-corrected chi connectivity index (χ3v) is 16.6. The molecule has 5 aliphatic rings. The van der Waals surface area contributed by atoms with E-state index < -0.39 is 0 Å². The molecule has 0 amide bonds. The van der Waals surface area contributed by atoms with Crippen molar-refractivity contribution in [2.24, 2.45) is 17.8 Å². The Balaban J connectivity index is 0.000000148. The molecule has 0 radical (unpaired) electrons. The van der Waals surface area contributed by atoms with E-state index in [0.29, 0.717) is 17.8 Å². The lowest BCUT2D eigenvalue weighted by Crippen LogP contribution is -2.39. The summed E-state index contributed by atoms with van der Waals surface area (Å²) in [5.41, 5.74) is 13.9. The predicted molar refractivity (Wildman–Crippen MR) is 303 cm³/mol. The van der Waals surface area contributed by atoms with Gasteiger partial charge in [0.15, 0.2) is 0 Å². The molecule has 5 aromatic rings. The number of ether oxygens (including phenoxy) is 3. The summed E-state index contributed by atoms with van der Waals surface area (Å²) in [7, 11) is 1.81. The number of halogens is 1. The number of terminal acetylenes is 1. The minimum absolute atomic E-state index is 0.0555. The number of furan rings is 1. The molecule has 0 bridgehead atoms. The van der Waals surface area contributed by atoms with E-state index in [-0.39, 0.29) is 58.5 Å². The molecule has 0 saturated carbocycles. The average molecular weight is 1000 g/mol. The van der Waals surface area contributed by atoms with E-state index in [1.165, 1.54) is 51.6 Å². The first kappa shape index (κ1) is 54.7. The van der Waals surface area contributed by atoms with Crippen molar-refractivity contribution in [2.45, 2.75) is 167 Å². The Bertz CT molecular complexity index is 2790. The van der Waals surface area contributed by atoms with E-state index in [0.717, 1.165) is 73.6 Å². The van der Waals surface area contributed by atoms with Crippen molar-refractivity contribution in [1.29, 1.82) is 0 Å². The summed E-state index contributed by atoms with van der Waals surface area (Å²) in [6.45, 7) is 26.2. The van der Waals surface area contributed by atoms with E-state index >= 15 is 0 Å². The van der Waals surface area contributed by atoms with Crippen molar-refractivity contribution >= 4 is 17.1 Å². The number of fused-ring (bicyclic) bond motifs is 7. The maximum Gasteiger partial charge on any atom is 0.126 e. The molecule has 9 atom stereocenters. The van der Waals surface area contributed by atoms with Crippen molar-refractivity contribution < 1.29 is 23.0 Å². The number of hydrogen-bond acceptors (Lipinski definition) is 7. The van der Waals surface area contributed by atoms with Gasteiger partial charge in [-0.3, -0.25) is 0 Å². The second kappa shape index (κ2) is 23.1. The summed E-state index contributed by atoms with van der Waals surface area (Å²) in [6, 6.07) is 31.7. The highest BCUT2D eigenvalue weighted by Gasteiger charge is 2.43. The van der Waals surface area contributed by atoms with E-state index in [1.807, 2.05) is 38.3 Å². The standard InChI is InChI=1S/C23H31NO.C22H26FNO.C21H27NO2/c1-8-11-16(12-9-2)21-18(10-3)22(25-7)19-15-17(23(4,5)6)13-14-20(19)24-21;1-22(2,3)15-9-10-19-18(13-15)21-17(8-5-11-25-21)20(24-19)14-6-4-7-16(23)12-14;1-4-21(2,3)14-9-10-17-16(13-14)20-15(7-5-12-24-20)19(22-17)18-8-6-11-23-18/h1,9,11-15,18,21-22,24H,10H2,2-7H3;4,6-7,9-10,12-13,17,20-21,24H,5,8,11H2,1-3H3;6,8-11,13,15,19-20,22H,4-5,7,12H2,1-3H3/b12-9-,16-11+;;. The van der Waals surface area contributed by atoms with Crippen molar-refractivity contribution in [3.8, 4) is 12.3 Å². The number of benzene rings is 4. The molecule has 5 aliphatic heterocycles. The van der Waals surface area contributed by atoms with Gasteiger partial charge in [-0.15, -0.1) is 6.42 Å². The predicted octanol–water partition coefficient (Wildman–Crippen LogP) is 17.0. The molecular weight excluding hydrogens is 918 g/mol. The first-order valence-corrected chi connectivity index (χ1v) is 27.5. The van der Waals surface area contributed by atoms with Gasteiger partial charge >= 0.3 is 0 Å². The summed E-state index contributed by atoms with van der Waals surface area (Å²) in [5, 5.41) is 11.1. The van der Waals surface area contributed by atoms with Crippen molar-refractivity contribution in [3.63, 3.8) is 0 Å². The molecule has 1 aromatic heterocycles. The number of nitrogens with one attached hydrogen (secondary N) is 3. The third-order valence-electron chi connectivity index (χ3n) is 16.6. The van der Waals surface area contributed by atoms with Gasteiger partial charge in [0.2, 0.25) is 0 Å². The van der Waals surface area contributed by atoms with Gasteiger partial charge in [-0.2, -0.15) is 0 Å². The average Bonchev–Trinajstić information content (AvgIpc) is 3.94. The summed E-state index contributed by atoms with van der Waals surface area (Å²) < 4.78 is 37.9. The molecular formula is C66H84FN3O4. The Morgan fingerprint density at radius 3 is 1.81 bits per heavy atom. The van der Waals surface area contributed by atoms with Gasteiger partial charge < -0.3 is 34.6 Å². The molecule has 394 valence electrons. The monoisotopic (exact) mass is 1000 g/mol. The van der Waals surface area contributed by atoms with Gasteiger partial charge in [-0.05, 0) is 138 Å². The van der Waals surface area contributed by atoms with Gasteiger partial charge in [0.1, 0.15) is 11.6 Å². The van der Waals surface area contributed by atoms with Crippen LogP contribution in [0.1, 0.15) is 190 Å². The molecule has 8 heteroatoms. The second-order valence-electron chi connectivity index (χ2n) is 23.8. The van der Waals surface area contributed by atoms with Crippen LogP contribution >= 0.6 is 0 Å². The number of rotatable bonds is 8. The van der Waals surface area contributed by atoms with Crippen LogP contribution in [0.2, 0.25) is 0 Å². The summed E-state index contributed by atoms with van der Waals surface area (Å²) in [4.78, 5) is 0. The van der Waals surface area contributed by atoms with Gasteiger partial charge in [0, 0.05) is 71.8 Å². The zero-order valence-electron chi connectivity index (χ0n) is 46.4. The van der Waals surface area contributed by atoms with Crippen LogP contribution in [-0.2, 0) is 30.5 Å². The highest BCUT2D eigenvalue weighted by atomic mass is 19.1. The smallest absolute Gasteiger partial charge is 0.126 e. The van der Waals surface area contributed by atoms with Crippen molar-refractivity contribution in [2.75, 3.05) is 36.3 Å². The van der Waals surface area contributed by atoms with E-state index in [4.69, 9.17) is 25.1 Å². The minimum Gasteiger partial charge on any atom is -0.467 e. The van der Waals surface area contributed by atoms with Crippen LogP contribution in [-0.4, -0.2) is 26.4 Å². The Kier molecular flexibility index (Phi) is 17.1. The fourth-order valence-corrected chi connectivity index (χ4v) is 11.9. The second-order valence-corrected chi connectivity index (χ2v) is 23.8. The van der Waals surface area contributed by atoms with Crippen molar-refractivity contribution in [3.05, 3.63) is 172 Å². The molecule has 2 fully saturated rings. The fourth-order valence-electron chi connectivity index (χ4n) is 11.9. The third kappa shape index (κ3) is 11.8. The molecule has 3 N–H and O–H groups in total. The molecule has 0 aliphatic carbocycles. The molecule has 0 spiro atoms. The van der Waals surface area contributed by atoms with E-state index in [9.17, 15) is 4.39 Å². The molecule has 7 nitrogen and oxygen atoms in total. The molecule has 74 heavy (non-hydrogen) atoms. The molecule has 4 aromatic carbocycles. The Hall–Kier alpha value is -5.59. The van der Waals surface area contributed by atoms with Gasteiger partial charge in [-0.1, -0.05) is 136 Å². The Labute approximate surface area is 443 Å². The Morgan fingerprint density at radius 2 is 1.28 bits per heavy atom. The summed E-state index contributed by atoms with van der Waals surface area (Å²) >= 11 is 0. The lowest BCUT2D eigenvalue weighted by molar-refractivity contribution is -0.0402. The molecule has 10 rings (SSSR count). The number of allylic oxidation sites excluding steroid dienone is 2. The topological polar surface area (TPSA) is 76.9 Å². The first-order chi connectivity index (χ1) is 35.4. The van der Waals surface area contributed by atoms with Gasteiger partial charge in [0.05, 0.1) is 42.7 Å². The Morgan fingerprint density at radius 1 is 0.716 bits per heavy atom. The number of hydrogen-bond donors (Lipinski definition) is 3. The van der Waals surface area contributed by atoms with Crippen LogP contribution in [0.25, 0.3) is 0 Å². The fraction of sp³-hybridized carbons (Fsp3) is 0.485.